The van der Waals surface area contributed by atoms with Gasteiger partial charge in [-0.1, -0.05) is 18.5 Å². The molecule has 0 spiro atoms. The molecule has 0 radical (unpaired) electrons. The molecule has 1 saturated carbocycles. The molecular weight excluding hydrogens is 252 g/mol. The highest BCUT2D eigenvalue weighted by atomic mass is 35.5. The van der Waals surface area contributed by atoms with E-state index < -0.39 is 6.10 Å². The number of methoxy groups -OCH3 is 1. The van der Waals surface area contributed by atoms with Crippen molar-refractivity contribution in [2.24, 2.45) is 13.0 Å². The monoisotopic (exact) mass is 272 g/mol. The highest BCUT2D eigenvalue weighted by molar-refractivity contribution is 6.31. The van der Waals surface area contributed by atoms with Crippen molar-refractivity contribution in [3.05, 3.63) is 16.4 Å². The number of nitrogens with zero attached hydrogens (tertiary/aromatic N) is 2. The Balaban J connectivity index is 2.10. The minimum absolute atomic E-state index is 0.0824. The lowest BCUT2D eigenvalue weighted by Gasteiger charge is -2.21. The van der Waals surface area contributed by atoms with Crippen LogP contribution in [0.1, 0.15) is 31.2 Å². The third-order valence-electron chi connectivity index (χ3n) is 3.64. The molecule has 1 N–H and O–H groups in total. The van der Waals surface area contributed by atoms with Crippen LogP contribution in [0.2, 0.25) is 5.02 Å². The zero-order valence-electron chi connectivity index (χ0n) is 11.2. The molecular formula is C13H21ClN2O2. The van der Waals surface area contributed by atoms with Gasteiger partial charge in [0, 0.05) is 20.6 Å². The number of aromatic nitrogens is 2. The Kier molecular flexibility index (Phi) is 4.30. The molecule has 5 heteroatoms. The molecule has 2 atom stereocenters. The maximum absolute atomic E-state index is 10.3. The molecule has 1 heterocycles. The molecule has 1 aliphatic carbocycles. The Bertz CT molecular complexity index is 415. The summed E-state index contributed by atoms with van der Waals surface area (Å²) in [5.41, 5.74) is 1.78. The summed E-state index contributed by atoms with van der Waals surface area (Å²) in [5, 5.41) is 15.3. The molecule has 102 valence electrons. The van der Waals surface area contributed by atoms with Gasteiger partial charge in [0.15, 0.2) is 0 Å². The summed E-state index contributed by atoms with van der Waals surface area (Å²) in [5.74, 6) is 0.502. The quantitative estimate of drug-likeness (QED) is 0.861. The number of aliphatic hydroxyl groups excluding tert-OH is 1. The summed E-state index contributed by atoms with van der Waals surface area (Å²) in [4.78, 5) is 0. The molecule has 0 aromatic carbocycles. The van der Waals surface area contributed by atoms with Crippen LogP contribution in [-0.4, -0.2) is 34.2 Å². The van der Waals surface area contributed by atoms with Crippen molar-refractivity contribution in [1.82, 2.24) is 9.78 Å². The largest absolute Gasteiger partial charge is 0.390 e. The second-order valence-corrected chi connectivity index (χ2v) is 5.37. The van der Waals surface area contributed by atoms with Crippen LogP contribution in [0.15, 0.2) is 0 Å². The van der Waals surface area contributed by atoms with Crippen LogP contribution in [0.25, 0.3) is 0 Å². The fourth-order valence-corrected chi connectivity index (χ4v) is 2.82. The predicted molar refractivity (Wildman–Crippen MR) is 70.8 cm³/mol. The maximum atomic E-state index is 10.3. The van der Waals surface area contributed by atoms with E-state index in [4.69, 9.17) is 16.3 Å². The van der Waals surface area contributed by atoms with Crippen LogP contribution < -0.4 is 0 Å². The zero-order chi connectivity index (χ0) is 13.3. The van der Waals surface area contributed by atoms with Crippen LogP contribution >= 0.6 is 11.6 Å². The SMILES string of the molecule is CCc1nn(C)c(CC(O)C(OC)C2CC2)c1Cl. The molecule has 0 amide bonds. The first-order valence-electron chi connectivity index (χ1n) is 6.49. The van der Waals surface area contributed by atoms with Crippen molar-refractivity contribution in [1.29, 1.82) is 0 Å². The number of hydrogen-bond donors (Lipinski definition) is 1. The third kappa shape index (κ3) is 2.71. The van der Waals surface area contributed by atoms with Crippen LogP contribution in [0.3, 0.4) is 0 Å². The average Bonchev–Trinajstić information content (AvgIpc) is 3.13. The Labute approximate surface area is 113 Å². The molecule has 1 aromatic heterocycles. The molecule has 1 aromatic rings. The van der Waals surface area contributed by atoms with E-state index in [1.165, 1.54) is 0 Å². The van der Waals surface area contributed by atoms with E-state index in [9.17, 15) is 5.11 Å². The molecule has 2 rings (SSSR count). The summed E-state index contributed by atoms with van der Waals surface area (Å²) in [7, 11) is 3.53. The fourth-order valence-electron chi connectivity index (χ4n) is 2.44. The van der Waals surface area contributed by atoms with Crippen LogP contribution in [0.4, 0.5) is 0 Å². The average molecular weight is 273 g/mol. The van der Waals surface area contributed by atoms with Gasteiger partial charge in [-0.2, -0.15) is 5.10 Å². The van der Waals surface area contributed by atoms with Gasteiger partial charge >= 0.3 is 0 Å². The third-order valence-corrected chi connectivity index (χ3v) is 4.08. The van der Waals surface area contributed by atoms with E-state index in [1.54, 1.807) is 11.8 Å². The van der Waals surface area contributed by atoms with E-state index in [1.807, 2.05) is 14.0 Å². The Hall–Kier alpha value is -0.580. The van der Waals surface area contributed by atoms with Crippen LogP contribution in [-0.2, 0) is 24.6 Å². The van der Waals surface area contributed by atoms with Gasteiger partial charge in [-0.15, -0.1) is 0 Å². The summed E-state index contributed by atoms with van der Waals surface area (Å²) in [6, 6.07) is 0. The molecule has 0 aliphatic heterocycles. The molecule has 0 bridgehead atoms. The van der Waals surface area contributed by atoms with Crippen molar-refractivity contribution in [3.63, 3.8) is 0 Å². The molecule has 4 nitrogen and oxygen atoms in total. The van der Waals surface area contributed by atoms with Gasteiger partial charge in [-0.05, 0) is 25.2 Å². The Morgan fingerprint density at radius 3 is 2.67 bits per heavy atom. The minimum Gasteiger partial charge on any atom is -0.390 e. The number of hydrogen-bond acceptors (Lipinski definition) is 3. The molecule has 1 aliphatic rings. The minimum atomic E-state index is -0.514. The van der Waals surface area contributed by atoms with Gasteiger partial charge in [0.2, 0.25) is 0 Å². The Morgan fingerprint density at radius 2 is 2.22 bits per heavy atom. The van der Waals surface area contributed by atoms with Crippen molar-refractivity contribution >= 4 is 11.6 Å². The van der Waals surface area contributed by atoms with Crippen LogP contribution in [0, 0.1) is 5.92 Å². The van der Waals surface area contributed by atoms with Crippen molar-refractivity contribution < 1.29 is 9.84 Å². The topological polar surface area (TPSA) is 47.3 Å². The fraction of sp³-hybridized carbons (Fsp3) is 0.769. The van der Waals surface area contributed by atoms with E-state index in [2.05, 4.69) is 5.10 Å². The highest BCUT2D eigenvalue weighted by Gasteiger charge is 2.36. The predicted octanol–water partition coefficient (Wildman–Crippen LogP) is 1.96. The van der Waals surface area contributed by atoms with Gasteiger partial charge in [0.25, 0.3) is 0 Å². The second kappa shape index (κ2) is 5.59. The van der Waals surface area contributed by atoms with Crippen LogP contribution in [0.5, 0.6) is 0 Å². The van der Waals surface area contributed by atoms with Crippen molar-refractivity contribution in [2.75, 3.05) is 7.11 Å². The first-order chi connectivity index (χ1) is 8.58. The lowest BCUT2D eigenvalue weighted by molar-refractivity contribution is -0.0245. The lowest BCUT2D eigenvalue weighted by Crippen LogP contribution is -2.32. The van der Waals surface area contributed by atoms with Gasteiger partial charge in [0.05, 0.1) is 28.6 Å². The summed E-state index contributed by atoms with van der Waals surface area (Å²) < 4.78 is 7.17. The number of aryl methyl sites for hydroxylation is 2. The van der Waals surface area contributed by atoms with Crippen molar-refractivity contribution in [2.45, 2.75) is 44.8 Å². The maximum Gasteiger partial charge on any atom is 0.0862 e. The van der Waals surface area contributed by atoms with E-state index in [-0.39, 0.29) is 6.10 Å². The molecule has 1 fully saturated rings. The number of halogens is 1. The molecule has 18 heavy (non-hydrogen) atoms. The van der Waals surface area contributed by atoms with E-state index in [0.29, 0.717) is 17.4 Å². The van der Waals surface area contributed by atoms with E-state index in [0.717, 1.165) is 30.7 Å². The summed E-state index contributed by atoms with van der Waals surface area (Å²) >= 11 is 6.28. The number of aliphatic hydroxyl groups is 1. The number of ether oxygens (including phenoxy) is 1. The molecule has 0 saturated heterocycles. The smallest absolute Gasteiger partial charge is 0.0862 e. The molecule has 2 unspecified atom stereocenters. The number of rotatable bonds is 6. The van der Waals surface area contributed by atoms with Crippen molar-refractivity contribution in [3.8, 4) is 0 Å². The standard InChI is InChI=1S/C13H21ClN2O2/c1-4-9-12(14)10(16(2)15-9)7-11(17)13(18-3)8-5-6-8/h8,11,13,17H,4-7H2,1-3H3. The highest BCUT2D eigenvalue weighted by Crippen LogP contribution is 2.36. The van der Waals surface area contributed by atoms with Gasteiger partial charge in [-0.25, -0.2) is 0 Å². The van der Waals surface area contributed by atoms with Gasteiger partial charge < -0.3 is 9.84 Å². The Morgan fingerprint density at radius 1 is 1.56 bits per heavy atom. The normalized spacial score (nSPS) is 18.9. The summed E-state index contributed by atoms with van der Waals surface area (Å²) in [6.07, 6.45) is 3.00. The lowest BCUT2D eigenvalue weighted by atomic mass is 10.0. The summed E-state index contributed by atoms with van der Waals surface area (Å²) in [6.45, 7) is 2.02. The first-order valence-corrected chi connectivity index (χ1v) is 6.87. The first kappa shape index (κ1) is 13.8. The van der Waals surface area contributed by atoms with E-state index >= 15 is 0 Å². The second-order valence-electron chi connectivity index (χ2n) is 4.99. The van der Waals surface area contributed by atoms with Gasteiger partial charge in [-0.3, -0.25) is 4.68 Å². The zero-order valence-corrected chi connectivity index (χ0v) is 11.9. The van der Waals surface area contributed by atoms with Gasteiger partial charge in [0.1, 0.15) is 0 Å².